The van der Waals surface area contributed by atoms with Crippen molar-refractivity contribution in [3.05, 3.63) is 21.7 Å². The maximum Gasteiger partial charge on any atom is 0.175 e. The SMILES string of the molecule is CCc1c(CCN2CCNCC2)cc(Br)c(OC)c1OC. The first kappa shape index (κ1) is 16.6. The lowest BCUT2D eigenvalue weighted by Crippen LogP contribution is -2.44. The Bertz CT molecular complexity index is 474. The third kappa shape index (κ3) is 3.90. The first-order valence-electron chi connectivity index (χ1n) is 7.56. The molecule has 1 N–H and O–H groups in total. The first-order valence-corrected chi connectivity index (χ1v) is 8.35. The normalized spacial score (nSPS) is 16.0. The van der Waals surface area contributed by atoms with Crippen molar-refractivity contribution < 1.29 is 9.47 Å². The summed E-state index contributed by atoms with van der Waals surface area (Å²) in [5.41, 5.74) is 2.60. The average Bonchev–Trinajstić information content (AvgIpc) is 2.53. The molecule has 1 saturated heterocycles. The second-order valence-corrected chi connectivity index (χ2v) is 6.11. The summed E-state index contributed by atoms with van der Waals surface area (Å²) in [7, 11) is 3.39. The van der Waals surface area contributed by atoms with Gasteiger partial charge in [0, 0.05) is 38.3 Å². The molecular weight excluding hydrogens is 332 g/mol. The number of methoxy groups -OCH3 is 2. The topological polar surface area (TPSA) is 33.7 Å². The van der Waals surface area contributed by atoms with E-state index in [-0.39, 0.29) is 0 Å². The Labute approximate surface area is 135 Å². The van der Waals surface area contributed by atoms with E-state index in [4.69, 9.17) is 9.47 Å². The number of hydrogen-bond acceptors (Lipinski definition) is 4. The van der Waals surface area contributed by atoms with Crippen LogP contribution < -0.4 is 14.8 Å². The van der Waals surface area contributed by atoms with Crippen molar-refractivity contribution >= 4 is 15.9 Å². The molecule has 2 rings (SSSR count). The molecule has 1 aliphatic heterocycles. The summed E-state index contributed by atoms with van der Waals surface area (Å²) in [6, 6.07) is 2.18. The highest BCUT2D eigenvalue weighted by Gasteiger charge is 2.18. The van der Waals surface area contributed by atoms with Gasteiger partial charge in [-0.3, -0.25) is 0 Å². The molecule has 118 valence electrons. The van der Waals surface area contributed by atoms with Gasteiger partial charge in [-0.05, 0) is 40.4 Å². The van der Waals surface area contributed by atoms with Gasteiger partial charge in [-0.25, -0.2) is 0 Å². The molecule has 0 atom stereocenters. The van der Waals surface area contributed by atoms with Crippen LogP contribution in [0.2, 0.25) is 0 Å². The summed E-state index contributed by atoms with van der Waals surface area (Å²) in [5, 5.41) is 3.39. The number of piperazine rings is 1. The molecule has 1 aromatic rings. The zero-order chi connectivity index (χ0) is 15.2. The van der Waals surface area contributed by atoms with E-state index in [1.807, 2.05) is 0 Å². The molecule has 0 radical (unpaired) electrons. The van der Waals surface area contributed by atoms with Crippen LogP contribution in [0.4, 0.5) is 0 Å². The van der Waals surface area contributed by atoms with Crippen LogP contribution in [0.5, 0.6) is 11.5 Å². The number of halogens is 1. The van der Waals surface area contributed by atoms with Gasteiger partial charge < -0.3 is 19.7 Å². The van der Waals surface area contributed by atoms with E-state index < -0.39 is 0 Å². The molecule has 1 fully saturated rings. The molecule has 0 aliphatic carbocycles. The van der Waals surface area contributed by atoms with Crippen molar-refractivity contribution in [3.63, 3.8) is 0 Å². The van der Waals surface area contributed by atoms with Crippen molar-refractivity contribution in [1.82, 2.24) is 10.2 Å². The maximum absolute atomic E-state index is 5.59. The third-order valence-corrected chi connectivity index (χ3v) is 4.64. The lowest BCUT2D eigenvalue weighted by atomic mass is 10.00. The van der Waals surface area contributed by atoms with Crippen LogP contribution in [0.1, 0.15) is 18.1 Å². The minimum Gasteiger partial charge on any atom is -0.493 e. The lowest BCUT2D eigenvalue weighted by molar-refractivity contribution is 0.243. The molecule has 1 aliphatic rings. The van der Waals surface area contributed by atoms with Gasteiger partial charge in [0.15, 0.2) is 11.5 Å². The van der Waals surface area contributed by atoms with E-state index in [2.05, 4.69) is 39.1 Å². The van der Waals surface area contributed by atoms with E-state index in [1.54, 1.807) is 14.2 Å². The van der Waals surface area contributed by atoms with Crippen LogP contribution in [-0.2, 0) is 12.8 Å². The number of benzene rings is 1. The Hall–Kier alpha value is -0.780. The fraction of sp³-hybridized carbons (Fsp3) is 0.625. The largest absolute Gasteiger partial charge is 0.493 e. The van der Waals surface area contributed by atoms with Gasteiger partial charge in [-0.1, -0.05) is 6.92 Å². The number of hydrogen-bond donors (Lipinski definition) is 1. The van der Waals surface area contributed by atoms with Gasteiger partial charge in [-0.15, -0.1) is 0 Å². The van der Waals surface area contributed by atoms with Crippen LogP contribution in [0.3, 0.4) is 0 Å². The van der Waals surface area contributed by atoms with Crippen molar-refractivity contribution in [1.29, 1.82) is 0 Å². The summed E-state index contributed by atoms with van der Waals surface area (Å²) in [4.78, 5) is 2.51. The van der Waals surface area contributed by atoms with Crippen LogP contribution in [0.25, 0.3) is 0 Å². The van der Waals surface area contributed by atoms with Gasteiger partial charge in [0.05, 0.1) is 18.7 Å². The summed E-state index contributed by atoms with van der Waals surface area (Å²) in [6.45, 7) is 7.72. The fourth-order valence-corrected chi connectivity index (χ4v) is 3.55. The maximum atomic E-state index is 5.59. The Kier molecular flexibility index (Phi) is 6.33. The molecule has 0 spiro atoms. The predicted octanol–water partition coefficient (Wildman–Crippen LogP) is 2.48. The smallest absolute Gasteiger partial charge is 0.175 e. The van der Waals surface area contributed by atoms with E-state index in [9.17, 15) is 0 Å². The average molecular weight is 357 g/mol. The van der Waals surface area contributed by atoms with Gasteiger partial charge in [0.25, 0.3) is 0 Å². The molecule has 0 amide bonds. The Morgan fingerprint density at radius 3 is 2.43 bits per heavy atom. The lowest BCUT2D eigenvalue weighted by Gasteiger charge is -2.27. The van der Waals surface area contributed by atoms with Crippen LogP contribution in [-0.4, -0.2) is 51.8 Å². The highest BCUT2D eigenvalue weighted by molar-refractivity contribution is 9.10. The van der Waals surface area contributed by atoms with E-state index in [0.29, 0.717) is 0 Å². The second kappa shape index (κ2) is 8.01. The number of rotatable bonds is 6. The fourth-order valence-electron chi connectivity index (χ4n) is 2.93. The highest BCUT2D eigenvalue weighted by Crippen LogP contribution is 2.40. The molecule has 4 nitrogen and oxygen atoms in total. The summed E-state index contributed by atoms with van der Waals surface area (Å²) in [6.07, 6.45) is 1.99. The number of ether oxygens (including phenoxy) is 2. The monoisotopic (exact) mass is 356 g/mol. The number of nitrogens with one attached hydrogen (secondary N) is 1. The zero-order valence-corrected chi connectivity index (χ0v) is 14.8. The third-order valence-electron chi connectivity index (χ3n) is 4.05. The van der Waals surface area contributed by atoms with Crippen molar-refractivity contribution in [2.45, 2.75) is 19.8 Å². The molecule has 0 aromatic heterocycles. The number of nitrogens with zero attached hydrogens (tertiary/aromatic N) is 1. The molecule has 5 heteroatoms. The second-order valence-electron chi connectivity index (χ2n) is 5.26. The molecule has 0 bridgehead atoms. The first-order chi connectivity index (χ1) is 10.2. The molecule has 0 saturated carbocycles. The van der Waals surface area contributed by atoms with Gasteiger partial charge in [0.2, 0.25) is 0 Å². The quantitative estimate of drug-likeness (QED) is 0.848. The molecular formula is C16H25BrN2O2. The Morgan fingerprint density at radius 1 is 1.19 bits per heavy atom. The van der Waals surface area contributed by atoms with Gasteiger partial charge in [-0.2, -0.15) is 0 Å². The van der Waals surface area contributed by atoms with Crippen molar-refractivity contribution in [3.8, 4) is 11.5 Å². The van der Waals surface area contributed by atoms with Gasteiger partial charge >= 0.3 is 0 Å². The minimum atomic E-state index is 0.792. The molecule has 1 heterocycles. The van der Waals surface area contributed by atoms with Crippen LogP contribution in [0.15, 0.2) is 10.5 Å². The summed E-state index contributed by atoms with van der Waals surface area (Å²) in [5.74, 6) is 1.66. The van der Waals surface area contributed by atoms with Crippen molar-refractivity contribution in [2.24, 2.45) is 0 Å². The van der Waals surface area contributed by atoms with Crippen LogP contribution >= 0.6 is 15.9 Å². The highest BCUT2D eigenvalue weighted by atomic mass is 79.9. The predicted molar refractivity (Wildman–Crippen MR) is 89.6 cm³/mol. The van der Waals surface area contributed by atoms with E-state index >= 15 is 0 Å². The Morgan fingerprint density at radius 2 is 1.86 bits per heavy atom. The van der Waals surface area contributed by atoms with Crippen LogP contribution in [0, 0.1) is 0 Å². The van der Waals surface area contributed by atoms with Gasteiger partial charge in [0.1, 0.15) is 0 Å². The standard InChI is InChI=1S/C16H25BrN2O2/c1-4-13-12(5-8-19-9-6-18-7-10-19)11-14(17)16(21-3)15(13)20-2/h11,18H,4-10H2,1-3H3. The molecule has 0 unspecified atom stereocenters. The van der Waals surface area contributed by atoms with Crippen molar-refractivity contribution in [2.75, 3.05) is 46.9 Å². The summed E-state index contributed by atoms with van der Waals surface area (Å²) >= 11 is 3.60. The molecule has 21 heavy (non-hydrogen) atoms. The minimum absolute atomic E-state index is 0.792. The summed E-state index contributed by atoms with van der Waals surface area (Å²) < 4.78 is 12.0. The molecule has 1 aromatic carbocycles. The zero-order valence-electron chi connectivity index (χ0n) is 13.2. The Balaban J connectivity index is 2.19. The van der Waals surface area contributed by atoms with E-state index in [1.165, 1.54) is 11.1 Å². The van der Waals surface area contributed by atoms with E-state index in [0.717, 1.165) is 61.5 Å².